The second kappa shape index (κ2) is 8.24. The van der Waals surface area contributed by atoms with Crippen molar-refractivity contribution in [2.75, 3.05) is 7.11 Å². The van der Waals surface area contributed by atoms with E-state index in [9.17, 15) is 18.0 Å². The molecule has 152 valence electrons. The number of ether oxygens (including phenoxy) is 1. The first kappa shape index (κ1) is 20.8. The van der Waals surface area contributed by atoms with E-state index in [1.807, 2.05) is 24.3 Å². The Hall–Kier alpha value is -2.88. The maximum Gasteiger partial charge on any atom is 0.335 e. The molecule has 8 nitrogen and oxygen atoms in total. The van der Waals surface area contributed by atoms with Gasteiger partial charge in [-0.25, -0.2) is 13.2 Å². The third kappa shape index (κ3) is 4.42. The van der Waals surface area contributed by atoms with Gasteiger partial charge < -0.3 is 14.8 Å². The van der Waals surface area contributed by atoms with Crippen molar-refractivity contribution in [3.05, 3.63) is 64.8 Å². The number of hydrogen-bond donors (Lipinski definition) is 3. The molecule has 3 aromatic rings. The van der Waals surface area contributed by atoms with Crippen molar-refractivity contribution in [3.63, 3.8) is 0 Å². The SMILES string of the molecule is COC(=O)[C@@H](Cc1c[nH]c2ccccc12)NS(=O)(=O)c1cc(C(=O)O)ccc1Cl. The molecule has 1 aromatic heterocycles. The molecule has 3 rings (SSSR count). The standard InChI is InChI=1S/C19H17ClN2O6S/c1-28-19(25)16(8-12-10-21-15-5-3-2-4-13(12)15)22-29(26,27)17-9-11(18(23)24)6-7-14(17)20/h2-7,9-10,16,21-22H,8H2,1H3,(H,23,24)/t16-/m1/s1. The average molecular weight is 437 g/mol. The summed E-state index contributed by atoms with van der Waals surface area (Å²) in [4.78, 5) is 26.0. The molecule has 0 aliphatic heterocycles. The number of H-pyrrole nitrogens is 1. The van der Waals surface area contributed by atoms with Gasteiger partial charge in [0.15, 0.2) is 0 Å². The fraction of sp³-hybridized carbons (Fsp3) is 0.158. The number of esters is 1. The van der Waals surface area contributed by atoms with Crippen molar-refractivity contribution >= 4 is 44.5 Å². The Morgan fingerprint density at radius 2 is 1.97 bits per heavy atom. The second-order valence-electron chi connectivity index (χ2n) is 6.21. The summed E-state index contributed by atoms with van der Waals surface area (Å²) in [6, 6.07) is 9.43. The first-order valence-corrected chi connectivity index (χ1v) is 10.3. The minimum absolute atomic E-state index is 0.0200. The normalized spacial score (nSPS) is 12.6. The highest BCUT2D eigenvalue weighted by molar-refractivity contribution is 7.89. The Kier molecular flexibility index (Phi) is 5.92. The fourth-order valence-electron chi connectivity index (χ4n) is 2.93. The maximum absolute atomic E-state index is 12.8. The summed E-state index contributed by atoms with van der Waals surface area (Å²) < 4.78 is 32.7. The third-order valence-corrected chi connectivity index (χ3v) is 6.30. The van der Waals surface area contributed by atoms with Gasteiger partial charge in [-0.05, 0) is 29.8 Å². The Morgan fingerprint density at radius 3 is 2.66 bits per heavy atom. The lowest BCUT2D eigenvalue weighted by molar-refractivity contribution is -0.142. The van der Waals surface area contributed by atoms with E-state index in [2.05, 4.69) is 9.71 Å². The molecule has 29 heavy (non-hydrogen) atoms. The molecule has 0 radical (unpaired) electrons. The number of aromatic carboxylic acids is 1. The van der Waals surface area contributed by atoms with Crippen molar-refractivity contribution < 1.29 is 27.9 Å². The summed E-state index contributed by atoms with van der Waals surface area (Å²) in [5.74, 6) is -2.09. The average Bonchev–Trinajstić information content (AvgIpc) is 3.09. The third-order valence-electron chi connectivity index (χ3n) is 4.35. The predicted octanol–water partition coefficient (Wildman–Crippen LogP) is 2.58. The van der Waals surface area contributed by atoms with Crippen molar-refractivity contribution in [2.24, 2.45) is 0 Å². The molecule has 0 amide bonds. The summed E-state index contributed by atoms with van der Waals surface area (Å²) >= 11 is 5.97. The van der Waals surface area contributed by atoms with Crippen LogP contribution in [0.25, 0.3) is 10.9 Å². The van der Waals surface area contributed by atoms with Crippen molar-refractivity contribution in [2.45, 2.75) is 17.4 Å². The Bertz CT molecular complexity index is 1190. The first-order chi connectivity index (χ1) is 13.7. The number of rotatable bonds is 7. The van der Waals surface area contributed by atoms with Gasteiger partial charge in [-0.2, -0.15) is 4.72 Å². The monoisotopic (exact) mass is 436 g/mol. The maximum atomic E-state index is 12.8. The van der Waals surface area contributed by atoms with Crippen LogP contribution in [0.3, 0.4) is 0 Å². The van der Waals surface area contributed by atoms with E-state index in [0.717, 1.165) is 24.1 Å². The van der Waals surface area contributed by atoms with Crippen LogP contribution in [0.15, 0.2) is 53.6 Å². The van der Waals surface area contributed by atoms with Gasteiger partial charge in [-0.3, -0.25) is 4.79 Å². The molecule has 1 heterocycles. The largest absolute Gasteiger partial charge is 0.478 e. The number of fused-ring (bicyclic) bond motifs is 1. The summed E-state index contributed by atoms with van der Waals surface area (Å²) in [7, 11) is -3.16. The molecule has 0 saturated heterocycles. The number of carbonyl (C=O) groups excluding carboxylic acids is 1. The number of aromatic amines is 1. The summed E-state index contributed by atoms with van der Waals surface area (Å²) in [6.07, 6.45) is 1.71. The number of hydrogen-bond acceptors (Lipinski definition) is 5. The molecule has 0 bridgehead atoms. The number of carboxylic acid groups (broad SMARTS) is 1. The van der Waals surface area contributed by atoms with Crippen molar-refractivity contribution in [1.82, 2.24) is 9.71 Å². The lowest BCUT2D eigenvalue weighted by Gasteiger charge is -2.17. The molecule has 0 spiro atoms. The highest BCUT2D eigenvalue weighted by Gasteiger charge is 2.29. The molecule has 0 aliphatic rings. The molecule has 0 saturated carbocycles. The number of para-hydroxylation sites is 1. The van der Waals surface area contributed by atoms with Crippen molar-refractivity contribution in [1.29, 1.82) is 0 Å². The molecule has 1 atom stereocenters. The Morgan fingerprint density at radius 1 is 1.24 bits per heavy atom. The number of halogens is 1. The van der Waals surface area contributed by atoms with E-state index in [4.69, 9.17) is 21.4 Å². The van der Waals surface area contributed by atoms with Crippen molar-refractivity contribution in [3.8, 4) is 0 Å². The van der Waals surface area contributed by atoms with Crippen LogP contribution in [0.1, 0.15) is 15.9 Å². The molecular formula is C19H17ClN2O6S. The van der Waals surface area contributed by atoms with Crippen LogP contribution in [0.5, 0.6) is 0 Å². The van der Waals surface area contributed by atoms with E-state index in [1.54, 1.807) is 6.20 Å². The van der Waals surface area contributed by atoms with Gasteiger partial charge in [0, 0.05) is 23.5 Å². The highest BCUT2D eigenvalue weighted by atomic mass is 35.5. The minimum Gasteiger partial charge on any atom is -0.478 e. The van der Waals surface area contributed by atoms with Crippen LogP contribution in [0.2, 0.25) is 5.02 Å². The van der Waals surface area contributed by atoms with Gasteiger partial charge in [0.25, 0.3) is 0 Å². The first-order valence-electron chi connectivity index (χ1n) is 8.41. The van der Waals surface area contributed by atoms with Crippen LogP contribution in [-0.2, 0) is 26.0 Å². The molecule has 0 fully saturated rings. The predicted molar refractivity (Wildman–Crippen MR) is 107 cm³/mol. The quantitative estimate of drug-likeness (QED) is 0.489. The Labute approximate surface area is 171 Å². The number of carbonyl (C=O) groups is 2. The molecule has 0 aliphatic carbocycles. The van der Waals surface area contributed by atoms with E-state index in [1.165, 1.54) is 12.1 Å². The van der Waals surface area contributed by atoms with E-state index in [-0.39, 0.29) is 17.0 Å². The molecule has 0 unspecified atom stereocenters. The zero-order chi connectivity index (χ0) is 21.2. The molecular weight excluding hydrogens is 420 g/mol. The van der Waals surface area contributed by atoms with Gasteiger partial charge >= 0.3 is 11.9 Å². The van der Waals surface area contributed by atoms with Crippen LogP contribution in [0, 0.1) is 0 Å². The molecule has 10 heteroatoms. The van der Waals surface area contributed by atoms with Crippen LogP contribution in [0.4, 0.5) is 0 Å². The van der Waals surface area contributed by atoms with E-state index >= 15 is 0 Å². The number of carboxylic acids is 1. The molecule has 2 aromatic carbocycles. The van der Waals surface area contributed by atoms with Gasteiger partial charge in [-0.15, -0.1) is 0 Å². The number of sulfonamides is 1. The van der Waals surface area contributed by atoms with Crippen LogP contribution < -0.4 is 4.72 Å². The lowest BCUT2D eigenvalue weighted by Crippen LogP contribution is -2.43. The number of benzene rings is 2. The summed E-state index contributed by atoms with van der Waals surface area (Å²) in [5, 5.41) is 9.78. The number of nitrogens with one attached hydrogen (secondary N) is 2. The minimum atomic E-state index is -4.31. The highest BCUT2D eigenvalue weighted by Crippen LogP contribution is 2.24. The second-order valence-corrected chi connectivity index (χ2v) is 8.30. The van der Waals surface area contributed by atoms with Crippen LogP contribution >= 0.6 is 11.6 Å². The van der Waals surface area contributed by atoms with E-state index in [0.29, 0.717) is 5.56 Å². The van der Waals surface area contributed by atoms with Gasteiger partial charge in [0.1, 0.15) is 10.9 Å². The Balaban J connectivity index is 1.95. The smallest absolute Gasteiger partial charge is 0.335 e. The zero-order valence-electron chi connectivity index (χ0n) is 15.2. The van der Waals surface area contributed by atoms with Gasteiger partial charge in [-0.1, -0.05) is 29.8 Å². The summed E-state index contributed by atoms with van der Waals surface area (Å²) in [6.45, 7) is 0. The van der Waals surface area contributed by atoms with Crippen LogP contribution in [-0.4, -0.2) is 43.6 Å². The van der Waals surface area contributed by atoms with E-state index < -0.39 is 32.9 Å². The number of methoxy groups -OCH3 is 1. The lowest BCUT2D eigenvalue weighted by atomic mass is 10.1. The topological polar surface area (TPSA) is 126 Å². The zero-order valence-corrected chi connectivity index (χ0v) is 16.8. The van der Waals surface area contributed by atoms with Gasteiger partial charge in [0.2, 0.25) is 10.0 Å². The van der Waals surface area contributed by atoms with Gasteiger partial charge in [0.05, 0.1) is 17.7 Å². The molecule has 3 N–H and O–H groups in total. The fourth-order valence-corrected chi connectivity index (χ4v) is 4.64. The summed E-state index contributed by atoms with van der Waals surface area (Å²) in [5.41, 5.74) is 1.30. The number of aromatic nitrogens is 1.